The quantitative estimate of drug-likeness (QED) is 0.216. The van der Waals surface area contributed by atoms with E-state index >= 15 is 0 Å². The van der Waals surface area contributed by atoms with E-state index in [0.29, 0.717) is 15.7 Å². The van der Waals surface area contributed by atoms with E-state index in [1.54, 1.807) is 32.9 Å². The lowest BCUT2D eigenvalue weighted by molar-refractivity contribution is -0.113. The van der Waals surface area contributed by atoms with Crippen LogP contribution in [0.25, 0.3) is 11.3 Å². The zero-order valence-corrected chi connectivity index (χ0v) is 22.0. The maximum atomic E-state index is 12.7. The largest absolute Gasteiger partial charge is 0.462 e. The fourth-order valence-electron chi connectivity index (χ4n) is 3.11. The molecule has 0 unspecified atom stereocenters. The van der Waals surface area contributed by atoms with Gasteiger partial charge in [0.1, 0.15) is 9.88 Å². The summed E-state index contributed by atoms with van der Waals surface area (Å²) < 4.78 is 10.2. The Bertz CT molecular complexity index is 1240. The summed E-state index contributed by atoms with van der Waals surface area (Å²) >= 11 is 8.11. The molecule has 11 heteroatoms. The molecule has 35 heavy (non-hydrogen) atoms. The van der Waals surface area contributed by atoms with E-state index in [4.69, 9.17) is 21.1 Å². The van der Waals surface area contributed by atoms with Crippen molar-refractivity contribution in [2.75, 3.05) is 24.3 Å². The van der Waals surface area contributed by atoms with E-state index in [9.17, 15) is 14.4 Å². The lowest BCUT2D eigenvalue weighted by Gasteiger charge is -2.08. The Kier molecular flexibility index (Phi) is 9.25. The van der Waals surface area contributed by atoms with Crippen molar-refractivity contribution in [2.45, 2.75) is 32.9 Å². The summed E-state index contributed by atoms with van der Waals surface area (Å²) in [4.78, 5) is 46.8. The van der Waals surface area contributed by atoms with Crippen molar-refractivity contribution in [3.8, 4) is 11.3 Å². The molecule has 1 amide bonds. The molecule has 3 rings (SSSR count). The standard InChI is InChI=1S/C24H24ClN3O5S2/c1-5-32-22(30)19-14(4)20(23(31)33-6-2)35-21(19)28-18(29)12-34-24-26-13(3)11-17(27-24)15-7-9-16(25)10-8-15/h7-11H,5-6,12H2,1-4H3,(H,28,29). The number of thioether (sulfide) groups is 1. The molecule has 8 nitrogen and oxygen atoms in total. The molecule has 1 N–H and O–H groups in total. The minimum absolute atomic E-state index is 0.00252. The number of ether oxygens (including phenoxy) is 2. The Balaban J connectivity index is 1.77. The van der Waals surface area contributed by atoms with Crippen LogP contribution in [0, 0.1) is 13.8 Å². The Hall–Kier alpha value is -2.95. The molecule has 0 radical (unpaired) electrons. The highest BCUT2D eigenvalue weighted by Crippen LogP contribution is 2.34. The van der Waals surface area contributed by atoms with E-state index < -0.39 is 11.9 Å². The molecule has 2 heterocycles. The highest BCUT2D eigenvalue weighted by molar-refractivity contribution is 7.99. The molecule has 0 fully saturated rings. The number of hydrogen-bond donors (Lipinski definition) is 1. The van der Waals surface area contributed by atoms with Gasteiger partial charge in [0.15, 0.2) is 5.16 Å². The van der Waals surface area contributed by atoms with Crippen molar-refractivity contribution < 1.29 is 23.9 Å². The van der Waals surface area contributed by atoms with E-state index in [2.05, 4.69) is 15.3 Å². The number of amides is 1. The van der Waals surface area contributed by atoms with Crippen molar-refractivity contribution in [3.63, 3.8) is 0 Å². The lowest BCUT2D eigenvalue weighted by atomic mass is 10.1. The highest BCUT2D eigenvalue weighted by Gasteiger charge is 2.27. The average Bonchev–Trinajstić information content (AvgIpc) is 3.14. The summed E-state index contributed by atoms with van der Waals surface area (Å²) in [5.41, 5.74) is 2.91. The van der Waals surface area contributed by atoms with Crippen LogP contribution < -0.4 is 5.32 Å². The van der Waals surface area contributed by atoms with Crippen LogP contribution in [0.5, 0.6) is 0 Å². The van der Waals surface area contributed by atoms with E-state index in [1.807, 2.05) is 25.1 Å². The summed E-state index contributed by atoms with van der Waals surface area (Å²) in [7, 11) is 0. The van der Waals surface area contributed by atoms with Gasteiger partial charge in [0.2, 0.25) is 5.91 Å². The second-order valence-corrected chi connectivity index (χ2v) is 9.62. The number of hydrogen-bond acceptors (Lipinski definition) is 9. The van der Waals surface area contributed by atoms with Gasteiger partial charge in [0, 0.05) is 16.3 Å². The highest BCUT2D eigenvalue weighted by atomic mass is 35.5. The number of halogens is 1. The predicted molar refractivity (Wildman–Crippen MR) is 138 cm³/mol. The summed E-state index contributed by atoms with van der Waals surface area (Å²) in [6.45, 7) is 7.20. The summed E-state index contributed by atoms with van der Waals surface area (Å²) in [5.74, 6) is -1.56. The Morgan fingerprint density at radius 3 is 2.34 bits per heavy atom. The Morgan fingerprint density at radius 1 is 1.03 bits per heavy atom. The molecule has 2 aromatic heterocycles. The lowest BCUT2D eigenvalue weighted by Crippen LogP contribution is -2.16. The molecule has 0 atom stereocenters. The number of aromatic nitrogens is 2. The molecule has 0 saturated heterocycles. The SMILES string of the molecule is CCOC(=O)c1sc(NC(=O)CSc2nc(C)cc(-c3ccc(Cl)cc3)n2)c(C(=O)OCC)c1C. The summed E-state index contributed by atoms with van der Waals surface area (Å²) in [5, 5.41) is 4.03. The van der Waals surface area contributed by atoms with Gasteiger partial charge < -0.3 is 14.8 Å². The van der Waals surface area contributed by atoms with E-state index in [1.165, 1.54) is 0 Å². The molecule has 0 bridgehead atoms. The number of esters is 2. The second kappa shape index (κ2) is 12.1. The smallest absolute Gasteiger partial charge is 0.348 e. The average molecular weight is 534 g/mol. The van der Waals surface area contributed by atoms with Gasteiger partial charge in [-0.2, -0.15) is 0 Å². The Morgan fingerprint density at radius 2 is 1.69 bits per heavy atom. The Labute approximate surface area is 216 Å². The fourth-order valence-corrected chi connectivity index (χ4v) is 5.04. The molecule has 0 spiro atoms. The number of benzene rings is 1. The normalized spacial score (nSPS) is 10.7. The van der Waals surface area contributed by atoms with Crippen molar-refractivity contribution >= 4 is 57.5 Å². The van der Waals surface area contributed by atoms with Gasteiger partial charge in [0.25, 0.3) is 0 Å². The monoisotopic (exact) mass is 533 g/mol. The van der Waals surface area contributed by atoms with Gasteiger partial charge in [-0.15, -0.1) is 11.3 Å². The first kappa shape index (κ1) is 26.7. The number of aryl methyl sites for hydroxylation is 1. The second-order valence-electron chi connectivity index (χ2n) is 7.22. The molecule has 0 aliphatic rings. The zero-order chi connectivity index (χ0) is 25.5. The number of nitrogens with one attached hydrogen (secondary N) is 1. The first-order valence-electron chi connectivity index (χ1n) is 10.7. The molecule has 1 aromatic carbocycles. The first-order chi connectivity index (χ1) is 16.7. The van der Waals surface area contributed by atoms with Gasteiger partial charge in [0.05, 0.1) is 30.2 Å². The number of carbonyl (C=O) groups is 3. The third-order valence-corrected chi connectivity index (χ3v) is 6.93. The van der Waals surface area contributed by atoms with Crippen LogP contribution in [0.4, 0.5) is 5.00 Å². The van der Waals surface area contributed by atoms with Crippen LogP contribution in [0.3, 0.4) is 0 Å². The fraction of sp³-hybridized carbons (Fsp3) is 0.292. The molecule has 0 saturated carbocycles. The number of rotatable bonds is 9. The van der Waals surface area contributed by atoms with Crippen molar-refractivity contribution in [1.82, 2.24) is 9.97 Å². The topological polar surface area (TPSA) is 107 Å². The number of carbonyl (C=O) groups excluding carboxylic acids is 3. The maximum absolute atomic E-state index is 12.7. The van der Waals surface area contributed by atoms with Crippen molar-refractivity contribution in [2.24, 2.45) is 0 Å². The van der Waals surface area contributed by atoms with Crippen molar-refractivity contribution in [1.29, 1.82) is 0 Å². The number of thiophene rings is 1. The van der Waals surface area contributed by atoms with Gasteiger partial charge in [-0.3, -0.25) is 4.79 Å². The third-order valence-electron chi connectivity index (χ3n) is 4.65. The number of nitrogens with zero attached hydrogens (tertiary/aromatic N) is 2. The predicted octanol–water partition coefficient (Wildman–Crippen LogP) is 5.56. The van der Waals surface area contributed by atoms with Crippen LogP contribution in [0.2, 0.25) is 5.02 Å². The minimum Gasteiger partial charge on any atom is -0.462 e. The first-order valence-corrected chi connectivity index (χ1v) is 12.9. The molecule has 184 valence electrons. The summed E-state index contributed by atoms with van der Waals surface area (Å²) in [6.07, 6.45) is 0. The minimum atomic E-state index is -0.616. The van der Waals surface area contributed by atoms with Gasteiger partial charge in [-0.25, -0.2) is 19.6 Å². The molecule has 0 aliphatic carbocycles. The van der Waals surface area contributed by atoms with E-state index in [-0.39, 0.29) is 40.3 Å². The number of anilines is 1. The van der Waals surface area contributed by atoms with Crippen LogP contribution >= 0.6 is 34.7 Å². The van der Waals surface area contributed by atoms with Crippen LogP contribution in [0.15, 0.2) is 35.5 Å². The molecular weight excluding hydrogens is 510 g/mol. The summed E-state index contributed by atoms with van der Waals surface area (Å²) in [6, 6.07) is 9.14. The molecule has 3 aromatic rings. The third kappa shape index (κ3) is 6.81. The van der Waals surface area contributed by atoms with Crippen molar-refractivity contribution in [3.05, 3.63) is 57.1 Å². The zero-order valence-electron chi connectivity index (χ0n) is 19.6. The van der Waals surface area contributed by atoms with E-state index in [0.717, 1.165) is 40.0 Å². The maximum Gasteiger partial charge on any atom is 0.348 e. The van der Waals surface area contributed by atoms with Gasteiger partial charge in [-0.1, -0.05) is 35.5 Å². The van der Waals surface area contributed by atoms with Gasteiger partial charge >= 0.3 is 11.9 Å². The van der Waals surface area contributed by atoms with Crippen LogP contribution in [0.1, 0.15) is 45.1 Å². The van der Waals surface area contributed by atoms with Gasteiger partial charge in [-0.05, 0) is 51.5 Å². The molecule has 0 aliphatic heterocycles. The molecular formula is C24H24ClN3O5S2. The van der Waals surface area contributed by atoms with Crippen LogP contribution in [-0.2, 0) is 14.3 Å². The van der Waals surface area contributed by atoms with Crippen LogP contribution in [-0.4, -0.2) is 46.8 Å².